The van der Waals surface area contributed by atoms with Gasteiger partial charge in [-0.1, -0.05) is 273 Å². The van der Waals surface area contributed by atoms with Crippen LogP contribution in [0, 0.1) is 35.5 Å². The zero-order chi connectivity index (χ0) is 74.1. The van der Waals surface area contributed by atoms with Crippen molar-refractivity contribution in [3.05, 3.63) is 139 Å². The van der Waals surface area contributed by atoms with Crippen molar-refractivity contribution in [2.24, 2.45) is 35.5 Å². The van der Waals surface area contributed by atoms with E-state index in [1.165, 1.54) is 79.2 Å². The standard InChI is InChI=1S/C92H116N2O6S5/c1-13-25-35-57(19-7)51-91(52-58(20-8)36-26-14-2)69-47-75(67-45-73(95)63-41-31-33-43-65(63)83(67)97)101-87(69)89-71(91)49-77(103-89)79-81-82(94-105-93-81)80(86(100-56-62(24-12)40-30-18-6)85(79)99-55-61(23-11)39-29-17-5)78-50-72-90(104-78)88-70(48-76(102-88)68-46-74(96)64-42-32-34-44-66(64)84(68)98)92(72,53-59(21-9)37-27-15-3)54-60(22-10)38-28-16-4/h31-34,41-50,57-62H,13-30,35-40,51-56H2,1-12H3. The Morgan fingerprint density at radius 3 is 0.933 bits per heavy atom. The van der Waals surface area contributed by atoms with Crippen molar-refractivity contribution in [3.63, 3.8) is 0 Å². The van der Waals surface area contributed by atoms with Gasteiger partial charge in [0.15, 0.2) is 34.6 Å². The van der Waals surface area contributed by atoms with E-state index in [4.69, 9.17) is 18.2 Å². The highest BCUT2D eigenvalue weighted by Crippen LogP contribution is 2.67. The third-order valence-corrected chi connectivity index (χ3v) is 30.2. The minimum atomic E-state index is -0.371. The minimum Gasteiger partial charge on any atom is -0.489 e. The van der Waals surface area contributed by atoms with Gasteiger partial charge in [-0.15, -0.1) is 45.3 Å². The number of fused-ring (bicyclic) bond motifs is 9. The Hall–Kier alpha value is -5.96. The van der Waals surface area contributed by atoms with Crippen molar-refractivity contribution in [2.45, 2.75) is 274 Å². The number of allylic oxidation sites excluding steroid dienone is 4. The zero-order valence-electron chi connectivity index (χ0n) is 65.1. The molecule has 0 fully saturated rings. The van der Waals surface area contributed by atoms with E-state index >= 15 is 0 Å². The molecule has 3 aromatic carbocycles. The molecule has 0 bridgehead atoms. The predicted molar refractivity (Wildman–Crippen MR) is 448 cm³/mol. The molecule has 8 nitrogen and oxygen atoms in total. The molecular formula is C92H116N2O6S5. The maximum absolute atomic E-state index is 14.9. The molecular weight excluding hydrogens is 1390 g/mol. The average molecular weight is 1510 g/mol. The second-order valence-corrected chi connectivity index (χ2v) is 36.2. The van der Waals surface area contributed by atoms with Gasteiger partial charge in [0.2, 0.25) is 0 Å². The number of unbranched alkanes of at least 4 members (excludes halogenated alkanes) is 6. The van der Waals surface area contributed by atoms with Gasteiger partial charge < -0.3 is 9.47 Å². The first kappa shape index (κ1) is 78.6. The quantitative estimate of drug-likeness (QED) is 0.0372. The van der Waals surface area contributed by atoms with E-state index in [0.717, 1.165) is 207 Å². The highest BCUT2D eigenvalue weighted by atomic mass is 32.1. The predicted octanol–water partition coefficient (Wildman–Crippen LogP) is 28.3. The van der Waals surface area contributed by atoms with Crippen LogP contribution in [0.25, 0.3) is 62.6 Å². The van der Waals surface area contributed by atoms with Gasteiger partial charge in [0.1, 0.15) is 11.0 Å². The van der Waals surface area contributed by atoms with Gasteiger partial charge in [-0.2, -0.15) is 8.75 Å². The number of Topliss-reactive ketones (excluding diaryl/α,β-unsaturated/α-hetero) is 2. The van der Waals surface area contributed by atoms with Crippen LogP contribution in [0.2, 0.25) is 0 Å². The second-order valence-electron chi connectivity index (χ2n) is 31.5. The number of ether oxygens (including phenoxy) is 2. The molecule has 0 saturated heterocycles. The van der Waals surface area contributed by atoms with Crippen molar-refractivity contribution in [2.75, 3.05) is 13.2 Å². The summed E-state index contributed by atoms with van der Waals surface area (Å²) < 4.78 is 26.8. The van der Waals surface area contributed by atoms with Crippen molar-refractivity contribution in [1.29, 1.82) is 0 Å². The Labute approximate surface area is 648 Å². The van der Waals surface area contributed by atoms with Crippen molar-refractivity contribution >= 4 is 102 Å². The topological polar surface area (TPSA) is 113 Å². The van der Waals surface area contributed by atoms with Gasteiger partial charge in [-0.3, -0.25) is 19.2 Å². The summed E-state index contributed by atoms with van der Waals surface area (Å²) >= 11 is 8.41. The van der Waals surface area contributed by atoms with Crippen LogP contribution in [-0.2, 0) is 10.8 Å². The molecule has 0 N–H and O–H groups in total. The smallest absolute Gasteiger partial charge is 0.195 e. The van der Waals surface area contributed by atoms with Crippen LogP contribution in [0.5, 0.6) is 11.5 Å². The number of carbonyl (C=O) groups is 4. The largest absolute Gasteiger partial charge is 0.489 e. The van der Waals surface area contributed by atoms with Gasteiger partial charge in [0.25, 0.3) is 0 Å². The number of ketones is 4. The lowest BCUT2D eigenvalue weighted by Crippen LogP contribution is -2.31. The number of benzene rings is 3. The Bertz CT molecular complexity index is 4130. The molecule has 12 rings (SSSR count). The third-order valence-electron chi connectivity index (χ3n) is 24.7. The lowest BCUT2D eigenvalue weighted by molar-refractivity contribution is 0.100. The zero-order valence-corrected chi connectivity index (χ0v) is 69.2. The van der Waals surface area contributed by atoms with Crippen LogP contribution in [0.15, 0.2) is 84.9 Å². The van der Waals surface area contributed by atoms with Crippen molar-refractivity contribution in [1.82, 2.24) is 8.75 Å². The summed E-state index contributed by atoms with van der Waals surface area (Å²) in [5, 5.41) is 0. The molecule has 4 aliphatic rings. The number of carbonyl (C=O) groups excluding carboxylic acids is 4. The number of rotatable bonds is 42. The van der Waals surface area contributed by atoms with Crippen LogP contribution in [0.3, 0.4) is 0 Å². The first-order valence-electron chi connectivity index (χ1n) is 41.1. The maximum Gasteiger partial charge on any atom is 0.195 e. The Morgan fingerprint density at radius 1 is 0.362 bits per heavy atom. The highest BCUT2D eigenvalue weighted by Gasteiger charge is 2.52. The molecule has 13 heteroatoms. The highest BCUT2D eigenvalue weighted by molar-refractivity contribution is 7.26. The van der Waals surface area contributed by atoms with Crippen LogP contribution in [0.1, 0.15) is 336 Å². The van der Waals surface area contributed by atoms with Crippen molar-refractivity contribution in [3.8, 4) is 51.9 Å². The van der Waals surface area contributed by atoms with Gasteiger partial charge >= 0.3 is 0 Å². The van der Waals surface area contributed by atoms with E-state index in [9.17, 15) is 19.2 Å². The van der Waals surface area contributed by atoms with Gasteiger partial charge in [-0.05, 0) is 133 Å². The number of hydrogen-bond acceptors (Lipinski definition) is 13. The Kier molecular flexibility index (Phi) is 26.7. The molecule has 6 unspecified atom stereocenters. The number of aromatic nitrogens is 2. The molecule has 0 radical (unpaired) electrons. The molecule has 0 amide bonds. The minimum absolute atomic E-state index is 0.0852. The lowest BCUT2D eigenvalue weighted by Gasteiger charge is -2.38. The average Bonchev–Trinajstić information content (AvgIpc) is 1.54. The lowest BCUT2D eigenvalue weighted by atomic mass is 9.65. The second kappa shape index (κ2) is 35.6. The van der Waals surface area contributed by atoms with E-state index in [1.807, 2.05) is 59.1 Å². The summed E-state index contributed by atoms with van der Waals surface area (Å²) in [6, 6.07) is 24.5. The molecule has 560 valence electrons. The maximum atomic E-state index is 14.9. The number of hydrogen-bond donors (Lipinski definition) is 0. The molecule has 0 aliphatic heterocycles. The summed E-state index contributed by atoms with van der Waals surface area (Å²) in [7, 11) is 0. The molecule has 6 atom stereocenters. The van der Waals surface area contributed by atoms with Gasteiger partial charge in [-0.25, -0.2) is 0 Å². The summed E-state index contributed by atoms with van der Waals surface area (Å²) in [6.45, 7) is 29.1. The van der Waals surface area contributed by atoms with Crippen LogP contribution in [0.4, 0.5) is 0 Å². The molecule has 0 saturated carbocycles. The van der Waals surface area contributed by atoms with Crippen LogP contribution in [-0.4, -0.2) is 45.1 Å². The number of thiophene rings is 4. The summed E-state index contributed by atoms with van der Waals surface area (Å²) in [4.78, 5) is 66.9. The van der Waals surface area contributed by atoms with Gasteiger partial charge in [0.05, 0.1) is 36.1 Å². The first-order valence-corrected chi connectivity index (χ1v) is 45.1. The summed E-state index contributed by atoms with van der Waals surface area (Å²) in [5.74, 6) is 3.59. The van der Waals surface area contributed by atoms with Gasteiger partial charge in [0, 0.05) is 83.2 Å². The van der Waals surface area contributed by atoms with E-state index in [2.05, 4.69) is 107 Å². The fourth-order valence-corrected chi connectivity index (χ4v) is 24.2. The summed E-state index contributed by atoms with van der Waals surface area (Å²) in [5.41, 5.74) is 11.1. The fourth-order valence-electron chi connectivity index (χ4n) is 18.1. The first-order chi connectivity index (χ1) is 51.1. The molecule has 5 heterocycles. The normalized spacial score (nSPS) is 18.3. The van der Waals surface area contributed by atoms with Crippen LogP contribution < -0.4 is 9.47 Å². The van der Waals surface area contributed by atoms with E-state index in [0.29, 0.717) is 82.1 Å². The molecule has 0 spiro atoms. The Morgan fingerprint density at radius 2 is 0.638 bits per heavy atom. The Balaban J connectivity index is 1.13. The fraction of sp³-hybridized carbons (Fsp3) is 0.543. The monoisotopic (exact) mass is 1500 g/mol. The SMILES string of the molecule is CCCCC(CC)COc1c(OCC(CC)CCCC)c(-c2cc3c(s2)-c2sc(C4=CC(=O)c5ccccc5C4=O)cc2C3(CC(CC)CCCC)CC(CC)CCCC)c2nsnc2c1-c1cc2c(s1)-c1sc(C3=CC(=O)c4ccccc4C3=O)cc1C2(CC(CC)CCCC)CC(CC)CCCC. The van der Waals surface area contributed by atoms with E-state index in [1.54, 1.807) is 47.0 Å². The third kappa shape index (κ3) is 15.7. The van der Waals surface area contributed by atoms with Crippen LogP contribution >= 0.6 is 57.1 Å². The molecule has 105 heavy (non-hydrogen) atoms. The van der Waals surface area contributed by atoms with E-state index < -0.39 is 0 Å². The number of nitrogens with zero attached hydrogens (tertiary/aromatic N) is 2. The molecule has 4 aliphatic carbocycles. The summed E-state index contributed by atoms with van der Waals surface area (Å²) in [6.07, 6.45) is 33.9. The van der Waals surface area contributed by atoms with Crippen molar-refractivity contribution < 1.29 is 28.7 Å². The van der Waals surface area contributed by atoms with E-state index in [-0.39, 0.29) is 34.0 Å². The molecule has 5 aromatic heterocycles. The molecule has 8 aromatic rings.